The molecule has 1 unspecified atom stereocenters. The number of aliphatic hydroxyl groups is 1. The molecule has 0 aliphatic carbocycles. The molecule has 1 aromatic rings. The van der Waals surface area contributed by atoms with Crippen LogP contribution in [0.1, 0.15) is 30.2 Å². The van der Waals surface area contributed by atoms with Crippen LogP contribution in [0.3, 0.4) is 0 Å². The number of rotatable bonds is 5. The Hall–Kier alpha value is 0.360. The number of hydrogen-bond acceptors (Lipinski definition) is 2. The normalized spacial score (nSPS) is 12.8. The standard InChI is InChI=1S/C10H12Br2OS/c1-2-3-4-5-8(13)9-6-7(11)10(12)14-9/h2,6,8,13H,1,3-5H2. The van der Waals surface area contributed by atoms with Crippen LogP contribution in [0, 0.1) is 0 Å². The molecule has 1 nitrogen and oxygen atoms in total. The number of aliphatic hydroxyl groups excluding tert-OH is 1. The molecular weight excluding hydrogens is 328 g/mol. The topological polar surface area (TPSA) is 20.2 Å². The van der Waals surface area contributed by atoms with Crippen LogP contribution in [0.2, 0.25) is 0 Å². The van der Waals surface area contributed by atoms with E-state index in [9.17, 15) is 5.11 Å². The summed E-state index contributed by atoms with van der Waals surface area (Å²) in [7, 11) is 0. The quantitative estimate of drug-likeness (QED) is 0.610. The lowest BCUT2D eigenvalue weighted by Gasteiger charge is -2.06. The smallest absolute Gasteiger partial charge is 0.0882 e. The molecule has 14 heavy (non-hydrogen) atoms. The molecule has 0 spiro atoms. The first kappa shape index (κ1) is 12.4. The summed E-state index contributed by atoms with van der Waals surface area (Å²) in [6.45, 7) is 3.65. The third kappa shape index (κ3) is 3.50. The molecule has 0 aliphatic rings. The lowest BCUT2D eigenvalue weighted by Crippen LogP contribution is -1.93. The van der Waals surface area contributed by atoms with Gasteiger partial charge in [-0.15, -0.1) is 17.9 Å². The molecule has 1 atom stereocenters. The van der Waals surface area contributed by atoms with Gasteiger partial charge in [0.2, 0.25) is 0 Å². The number of halogens is 2. The van der Waals surface area contributed by atoms with E-state index in [-0.39, 0.29) is 6.10 Å². The van der Waals surface area contributed by atoms with E-state index in [2.05, 4.69) is 38.4 Å². The molecule has 0 aromatic carbocycles. The molecule has 1 heterocycles. The Bertz CT molecular complexity index is 290. The molecule has 0 fully saturated rings. The molecule has 4 heteroatoms. The first-order chi connectivity index (χ1) is 6.65. The van der Waals surface area contributed by atoms with Crippen molar-refractivity contribution in [2.75, 3.05) is 0 Å². The summed E-state index contributed by atoms with van der Waals surface area (Å²) in [5, 5.41) is 9.82. The number of allylic oxidation sites excluding steroid dienone is 1. The van der Waals surface area contributed by atoms with Crippen molar-refractivity contribution in [3.8, 4) is 0 Å². The predicted octanol–water partition coefficient (Wildman–Crippen LogP) is 4.66. The highest BCUT2D eigenvalue weighted by molar-refractivity contribution is 9.13. The van der Waals surface area contributed by atoms with Crippen molar-refractivity contribution in [2.24, 2.45) is 0 Å². The van der Waals surface area contributed by atoms with E-state index in [1.54, 1.807) is 11.3 Å². The maximum absolute atomic E-state index is 9.82. The summed E-state index contributed by atoms with van der Waals surface area (Å²) in [4.78, 5) is 1.01. The zero-order valence-electron chi connectivity index (χ0n) is 7.67. The van der Waals surface area contributed by atoms with Crippen LogP contribution in [0.25, 0.3) is 0 Å². The number of unbranched alkanes of at least 4 members (excludes halogenated alkanes) is 1. The Morgan fingerprint density at radius 1 is 1.57 bits per heavy atom. The fourth-order valence-electron chi connectivity index (χ4n) is 1.13. The van der Waals surface area contributed by atoms with Crippen molar-refractivity contribution in [3.63, 3.8) is 0 Å². The van der Waals surface area contributed by atoms with Gasteiger partial charge in [-0.25, -0.2) is 0 Å². The van der Waals surface area contributed by atoms with Crippen molar-refractivity contribution >= 4 is 43.2 Å². The van der Waals surface area contributed by atoms with Gasteiger partial charge >= 0.3 is 0 Å². The molecule has 1 rings (SSSR count). The Kier molecular flexibility index (Phi) is 5.38. The monoisotopic (exact) mass is 338 g/mol. The zero-order valence-corrected chi connectivity index (χ0v) is 11.7. The van der Waals surface area contributed by atoms with Gasteiger partial charge < -0.3 is 5.11 Å². The Balaban J connectivity index is 2.51. The maximum Gasteiger partial charge on any atom is 0.0882 e. The summed E-state index contributed by atoms with van der Waals surface area (Å²) in [6, 6.07) is 1.97. The molecule has 1 N–H and O–H groups in total. The van der Waals surface area contributed by atoms with Gasteiger partial charge in [-0.2, -0.15) is 0 Å². The fraction of sp³-hybridized carbons (Fsp3) is 0.400. The van der Waals surface area contributed by atoms with E-state index >= 15 is 0 Å². The number of thiophene rings is 1. The second kappa shape index (κ2) is 6.05. The van der Waals surface area contributed by atoms with Crippen molar-refractivity contribution in [1.82, 2.24) is 0 Å². The van der Waals surface area contributed by atoms with Gasteiger partial charge in [-0.1, -0.05) is 6.08 Å². The third-order valence-corrected chi connectivity index (χ3v) is 5.24. The average molecular weight is 340 g/mol. The largest absolute Gasteiger partial charge is 0.388 e. The first-order valence-corrected chi connectivity index (χ1v) is 6.79. The molecular formula is C10H12Br2OS. The summed E-state index contributed by atoms with van der Waals surface area (Å²) in [6.07, 6.45) is 4.28. The van der Waals surface area contributed by atoms with Crippen LogP contribution >= 0.6 is 43.2 Å². The maximum atomic E-state index is 9.82. The minimum Gasteiger partial charge on any atom is -0.388 e. The minimum absolute atomic E-state index is 0.345. The highest BCUT2D eigenvalue weighted by atomic mass is 79.9. The van der Waals surface area contributed by atoms with Gasteiger partial charge in [0.05, 0.1) is 9.89 Å². The highest BCUT2D eigenvalue weighted by Gasteiger charge is 2.12. The van der Waals surface area contributed by atoms with Gasteiger partial charge in [0.25, 0.3) is 0 Å². The summed E-state index contributed by atoms with van der Waals surface area (Å²) in [5.41, 5.74) is 0. The SMILES string of the molecule is C=CCCCC(O)c1cc(Br)c(Br)s1. The molecule has 0 saturated heterocycles. The van der Waals surface area contributed by atoms with E-state index in [1.807, 2.05) is 12.1 Å². The van der Waals surface area contributed by atoms with Crippen LogP contribution in [-0.2, 0) is 0 Å². The second-order valence-corrected chi connectivity index (χ2v) is 6.26. The van der Waals surface area contributed by atoms with E-state index in [0.29, 0.717) is 0 Å². The minimum atomic E-state index is -0.345. The second-order valence-electron chi connectivity index (χ2n) is 3.01. The van der Waals surface area contributed by atoms with Crippen LogP contribution < -0.4 is 0 Å². The lowest BCUT2D eigenvalue weighted by atomic mass is 10.1. The first-order valence-electron chi connectivity index (χ1n) is 4.39. The molecule has 0 aliphatic heterocycles. The number of hydrogen-bond donors (Lipinski definition) is 1. The zero-order chi connectivity index (χ0) is 10.6. The predicted molar refractivity (Wildman–Crippen MR) is 68.7 cm³/mol. The Morgan fingerprint density at radius 2 is 2.29 bits per heavy atom. The van der Waals surface area contributed by atoms with Crippen molar-refractivity contribution in [2.45, 2.75) is 25.4 Å². The van der Waals surface area contributed by atoms with Gasteiger partial charge in [-0.05, 0) is 57.2 Å². The molecule has 1 aromatic heterocycles. The summed E-state index contributed by atoms with van der Waals surface area (Å²) >= 11 is 8.39. The van der Waals surface area contributed by atoms with E-state index in [1.165, 1.54) is 0 Å². The van der Waals surface area contributed by atoms with Crippen LogP contribution in [0.4, 0.5) is 0 Å². The summed E-state index contributed by atoms with van der Waals surface area (Å²) in [5.74, 6) is 0. The Labute approximate surface area is 105 Å². The lowest BCUT2D eigenvalue weighted by molar-refractivity contribution is 0.168. The molecule has 78 valence electrons. The highest BCUT2D eigenvalue weighted by Crippen LogP contribution is 2.36. The van der Waals surface area contributed by atoms with Crippen molar-refractivity contribution in [1.29, 1.82) is 0 Å². The summed E-state index contributed by atoms with van der Waals surface area (Å²) < 4.78 is 2.05. The van der Waals surface area contributed by atoms with Crippen molar-refractivity contribution < 1.29 is 5.11 Å². The van der Waals surface area contributed by atoms with Gasteiger partial charge in [0.1, 0.15) is 0 Å². The Morgan fingerprint density at radius 3 is 2.79 bits per heavy atom. The molecule has 0 amide bonds. The fourth-order valence-corrected chi connectivity index (χ4v) is 3.24. The average Bonchev–Trinajstić information content (AvgIpc) is 2.47. The van der Waals surface area contributed by atoms with E-state index in [4.69, 9.17) is 0 Å². The van der Waals surface area contributed by atoms with Gasteiger partial charge in [0, 0.05) is 9.35 Å². The van der Waals surface area contributed by atoms with E-state index in [0.717, 1.165) is 32.4 Å². The molecule has 0 bridgehead atoms. The van der Waals surface area contributed by atoms with Crippen molar-refractivity contribution in [3.05, 3.63) is 31.9 Å². The van der Waals surface area contributed by atoms with E-state index < -0.39 is 0 Å². The molecule has 0 radical (unpaired) electrons. The van der Waals surface area contributed by atoms with Gasteiger partial charge in [-0.3, -0.25) is 0 Å². The van der Waals surface area contributed by atoms with Crippen LogP contribution in [0.5, 0.6) is 0 Å². The van der Waals surface area contributed by atoms with Gasteiger partial charge in [0.15, 0.2) is 0 Å². The van der Waals surface area contributed by atoms with Crippen LogP contribution in [0.15, 0.2) is 27.0 Å². The van der Waals surface area contributed by atoms with Crippen LogP contribution in [-0.4, -0.2) is 5.11 Å². The molecule has 0 saturated carbocycles. The third-order valence-electron chi connectivity index (χ3n) is 1.88.